The van der Waals surface area contributed by atoms with Crippen LogP contribution in [-0.4, -0.2) is 54.5 Å². The van der Waals surface area contributed by atoms with Crippen LogP contribution < -0.4 is 21.0 Å². The number of nitrogens with one attached hydrogen (secondary N) is 1. The quantitative estimate of drug-likeness (QED) is 0.0870. The summed E-state index contributed by atoms with van der Waals surface area (Å²) in [4.78, 5) is 42.6. The molecule has 2 unspecified atom stereocenters. The number of aromatic nitrogens is 3. The van der Waals surface area contributed by atoms with Gasteiger partial charge in [0.1, 0.15) is 35.4 Å². The second-order valence-corrected chi connectivity index (χ2v) is 12.8. The normalized spacial score (nSPS) is 20.2. The number of nitrogens with zero attached hydrogens (tertiary/aromatic N) is 4. The monoisotopic (exact) mass is 646 g/mol. The van der Waals surface area contributed by atoms with Gasteiger partial charge >= 0.3 is 25.3 Å². The number of thioether (sulfide) groups is 1. The third-order valence-corrected chi connectivity index (χ3v) is 9.69. The molecule has 18 heteroatoms. The number of furan rings is 1. The van der Waals surface area contributed by atoms with Crippen LogP contribution in [0.5, 0.6) is 5.75 Å². The average molecular weight is 647 g/mol. The van der Waals surface area contributed by atoms with E-state index in [0.29, 0.717) is 5.39 Å². The minimum Gasteiger partial charge on any atom is -0.456 e. The first-order chi connectivity index (χ1) is 21.0. The number of nitrogen functional groups attached to an aromatic ring is 1. The summed E-state index contributed by atoms with van der Waals surface area (Å²) in [6.07, 6.45) is 0.435. The number of ether oxygens (including phenoxy) is 1. The Kier molecular flexibility index (Phi) is 9.31. The van der Waals surface area contributed by atoms with E-state index in [4.69, 9.17) is 23.9 Å². The largest absolute Gasteiger partial charge is 0.459 e. The Hall–Kier alpha value is -4.28. The van der Waals surface area contributed by atoms with Gasteiger partial charge in [-0.25, -0.2) is 14.3 Å². The maximum Gasteiger partial charge on any atom is 0.459 e. The minimum absolute atomic E-state index is 0.0381. The van der Waals surface area contributed by atoms with Crippen LogP contribution in [0.2, 0.25) is 0 Å². The van der Waals surface area contributed by atoms with Crippen molar-refractivity contribution in [3.8, 4) is 5.75 Å². The maximum absolute atomic E-state index is 14.2. The molecule has 3 heterocycles. The van der Waals surface area contributed by atoms with Gasteiger partial charge in [-0.1, -0.05) is 36.4 Å². The summed E-state index contributed by atoms with van der Waals surface area (Å²) < 4.78 is 37.3. The molecular weight excluding hydrogens is 619 g/mol. The van der Waals surface area contributed by atoms with Crippen LogP contribution in [0.4, 0.5) is 11.8 Å². The molecule has 2 aromatic heterocycles. The molecule has 4 N–H and O–H groups in total. The lowest BCUT2D eigenvalue weighted by Gasteiger charge is -2.25. The number of fused-ring (bicyclic) bond motifs is 1. The average Bonchev–Trinajstić information content (AvgIpc) is 3.62. The highest BCUT2D eigenvalue weighted by Crippen LogP contribution is 2.49. The molecule has 0 saturated carbocycles. The molecule has 1 fully saturated rings. The second-order valence-electron chi connectivity index (χ2n) is 9.65. The summed E-state index contributed by atoms with van der Waals surface area (Å²) in [6.45, 7) is 0.673. The molecule has 0 radical (unpaired) electrons. The molecule has 0 spiro atoms. The highest BCUT2D eigenvalue weighted by atomic mass is 32.2. The Bertz CT molecular complexity index is 1780. The van der Waals surface area contributed by atoms with Crippen LogP contribution >= 0.6 is 19.5 Å². The van der Waals surface area contributed by atoms with Gasteiger partial charge in [-0.3, -0.25) is 24.0 Å². The van der Waals surface area contributed by atoms with E-state index >= 15 is 0 Å². The zero-order chi connectivity index (χ0) is 31.4. The first-order valence-corrected chi connectivity index (χ1v) is 15.6. The number of carbonyl (C=O) groups is 1. The van der Waals surface area contributed by atoms with Gasteiger partial charge in [0, 0.05) is 11.8 Å². The molecule has 0 amide bonds. The van der Waals surface area contributed by atoms with Crippen molar-refractivity contribution in [2.45, 2.75) is 42.7 Å². The van der Waals surface area contributed by atoms with Gasteiger partial charge in [-0.2, -0.15) is 10.1 Å². The molecule has 1 aliphatic rings. The van der Waals surface area contributed by atoms with Crippen molar-refractivity contribution in [3.05, 3.63) is 87.3 Å². The van der Waals surface area contributed by atoms with Crippen LogP contribution in [0.25, 0.3) is 10.8 Å². The van der Waals surface area contributed by atoms with Crippen molar-refractivity contribution in [1.29, 1.82) is 0 Å². The van der Waals surface area contributed by atoms with Gasteiger partial charge in [0.25, 0.3) is 0 Å². The lowest BCUT2D eigenvalue weighted by Crippen LogP contribution is -2.36. The summed E-state index contributed by atoms with van der Waals surface area (Å²) in [5.74, 6) is -1.30. The number of esters is 1. The van der Waals surface area contributed by atoms with Crippen LogP contribution in [-0.2, 0) is 25.2 Å². The third kappa shape index (κ3) is 7.26. The van der Waals surface area contributed by atoms with Gasteiger partial charge < -0.3 is 24.5 Å². The Labute approximate surface area is 253 Å². The molecule has 4 aromatic rings. The molecule has 44 heavy (non-hydrogen) atoms. The van der Waals surface area contributed by atoms with Gasteiger partial charge in [0.15, 0.2) is 0 Å². The van der Waals surface area contributed by atoms with Gasteiger partial charge in [0.05, 0.1) is 29.4 Å². The standard InChI is InChI=1S/C26H27N6O10PS/c1-15(24(34)39-12-17-9-10-22(41-17)32(36)37)30-43(38,42-20-8-4-6-16-5-2-3-7-18(16)20)40-13-21-19(33)11-23(44-21)31-14-28-25(27)29-26(31)35/h2-10,14-15,19,21,23,33H,11-13H2,1H3,(H,30,38)(H2,27,29,35)/t15-,19?,21+,23+,43?/m0/s1. The van der Waals surface area contributed by atoms with E-state index in [2.05, 4.69) is 15.1 Å². The van der Waals surface area contributed by atoms with E-state index < -0.39 is 59.6 Å². The van der Waals surface area contributed by atoms with Crippen LogP contribution in [0.3, 0.4) is 0 Å². The maximum atomic E-state index is 14.2. The summed E-state index contributed by atoms with van der Waals surface area (Å²) >= 11 is 1.19. The molecule has 5 rings (SSSR count). The lowest BCUT2D eigenvalue weighted by molar-refractivity contribution is -0.402. The number of benzene rings is 2. The van der Waals surface area contributed by atoms with Crippen LogP contribution in [0.1, 0.15) is 24.5 Å². The van der Waals surface area contributed by atoms with Crippen molar-refractivity contribution in [2.75, 3.05) is 12.3 Å². The predicted molar refractivity (Wildman–Crippen MR) is 158 cm³/mol. The number of nitro groups is 1. The minimum atomic E-state index is -4.34. The van der Waals surface area contributed by atoms with E-state index in [1.165, 1.54) is 35.6 Å². The molecular formula is C26H27N6O10PS. The summed E-state index contributed by atoms with van der Waals surface area (Å²) in [5, 5.41) is 24.4. The van der Waals surface area contributed by atoms with Crippen molar-refractivity contribution in [1.82, 2.24) is 19.6 Å². The van der Waals surface area contributed by atoms with E-state index in [0.717, 1.165) is 11.5 Å². The zero-order valence-electron chi connectivity index (χ0n) is 23.0. The number of carbonyl (C=O) groups excluding carboxylic acids is 1. The van der Waals surface area contributed by atoms with Crippen molar-refractivity contribution in [3.63, 3.8) is 0 Å². The number of nitrogens with two attached hydrogens (primary N) is 1. The molecule has 2 aromatic carbocycles. The lowest BCUT2D eigenvalue weighted by atomic mass is 10.1. The number of hydrogen-bond acceptors (Lipinski definition) is 14. The van der Waals surface area contributed by atoms with Crippen molar-refractivity contribution >= 4 is 48.1 Å². The predicted octanol–water partition coefficient (Wildman–Crippen LogP) is 3.17. The van der Waals surface area contributed by atoms with Crippen LogP contribution in [0, 0.1) is 10.1 Å². The Morgan fingerprint density at radius 2 is 2.07 bits per heavy atom. The highest BCUT2D eigenvalue weighted by molar-refractivity contribution is 8.00. The van der Waals surface area contributed by atoms with E-state index in [1.54, 1.807) is 24.3 Å². The van der Waals surface area contributed by atoms with E-state index in [-0.39, 0.29) is 30.5 Å². The summed E-state index contributed by atoms with van der Waals surface area (Å²) in [6, 6.07) is 13.5. The molecule has 0 bridgehead atoms. The molecule has 16 nitrogen and oxygen atoms in total. The Morgan fingerprint density at radius 1 is 1.30 bits per heavy atom. The first kappa shape index (κ1) is 31.2. The second kappa shape index (κ2) is 13.2. The van der Waals surface area contributed by atoms with Gasteiger partial charge in [-0.15, -0.1) is 11.8 Å². The fourth-order valence-corrected chi connectivity index (χ4v) is 7.42. The van der Waals surface area contributed by atoms with E-state index in [1.807, 2.05) is 18.2 Å². The number of aliphatic hydroxyl groups is 1. The number of aliphatic hydroxyl groups excluding tert-OH is 1. The third-order valence-electron chi connectivity index (χ3n) is 6.53. The zero-order valence-corrected chi connectivity index (χ0v) is 24.8. The first-order valence-electron chi connectivity index (χ1n) is 13.1. The number of rotatable bonds is 12. The number of anilines is 1. The number of hydrogen-bond donors (Lipinski definition) is 3. The fourth-order valence-electron chi connectivity index (χ4n) is 4.35. The Morgan fingerprint density at radius 3 is 2.82 bits per heavy atom. The summed E-state index contributed by atoms with van der Waals surface area (Å²) in [7, 11) is -4.34. The van der Waals surface area contributed by atoms with E-state index in [9.17, 15) is 29.4 Å². The smallest absolute Gasteiger partial charge is 0.456 e. The molecule has 0 aliphatic carbocycles. The fraction of sp³-hybridized carbons (Fsp3) is 0.308. The van der Waals surface area contributed by atoms with Crippen molar-refractivity contribution < 1.29 is 37.6 Å². The Balaban J connectivity index is 1.31. The molecule has 5 atom stereocenters. The topological polar surface area (TPSA) is 224 Å². The van der Waals surface area contributed by atoms with Crippen LogP contribution in [0.15, 0.2) is 70.1 Å². The highest BCUT2D eigenvalue weighted by Gasteiger charge is 2.39. The van der Waals surface area contributed by atoms with Gasteiger partial charge in [-0.05, 0) is 24.4 Å². The molecule has 1 saturated heterocycles. The van der Waals surface area contributed by atoms with Gasteiger partial charge in [0.2, 0.25) is 5.95 Å². The molecule has 232 valence electrons. The SMILES string of the molecule is C[C@H](NP(=O)(OC[C@H]1S[C@@H](n2cnc(N)nc2=O)CC1O)Oc1cccc2ccccc12)C(=O)OCc1ccc([N+](=O)[O-])o1. The molecule has 1 aliphatic heterocycles. The van der Waals surface area contributed by atoms with Crippen molar-refractivity contribution in [2.24, 2.45) is 0 Å². The summed E-state index contributed by atoms with van der Waals surface area (Å²) in [5.41, 5.74) is 4.84.